The van der Waals surface area contributed by atoms with Gasteiger partial charge >= 0.3 is 0 Å². The number of nitrogens with zero attached hydrogens (tertiary/aromatic N) is 3. The highest BCUT2D eigenvalue weighted by molar-refractivity contribution is 5.72. The Bertz CT molecular complexity index is 1040. The van der Waals surface area contributed by atoms with Crippen LogP contribution in [0, 0.1) is 12.8 Å². The number of carbonyl (C=O) groups is 2. The normalized spacial score (nSPS) is 15.7. The first-order chi connectivity index (χ1) is 17.4. The Hall–Kier alpha value is -3.79. The van der Waals surface area contributed by atoms with E-state index in [2.05, 4.69) is 38.9 Å². The molecule has 10 nitrogen and oxygen atoms in total. The molecule has 0 unspecified atom stereocenters. The fraction of sp³-hybridized carbons (Fsp3) is 0.423. The van der Waals surface area contributed by atoms with Crippen molar-refractivity contribution in [2.45, 2.75) is 51.0 Å². The van der Waals surface area contributed by atoms with Gasteiger partial charge < -0.3 is 27.3 Å². The molecule has 0 radical (unpaired) electrons. The van der Waals surface area contributed by atoms with Crippen LogP contribution in [0.2, 0.25) is 0 Å². The molecule has 0 spiro atoms. The van der Waals surface area contributed by atoms with Crippen LogP contribution in [0.1, 0.15) is 50.0 Å². The number of amides is 2. The Morgan fingerprint density at radius 2 is 1.89 bits per heavy atom. The van der Waals surface area contributed by atoms with Gasteiger partial charge in [-0.25, -0.2) is 9.97 Å². The molecule has 10 heteroatoms. The fourth-order valence-electron chi connectivity index (χ4n) is 3.65. The van der Waals surface area contributed by atoms with Gasteiger partial charge in [0.2, 0.25) is 12.8 Å². The van der Waals surface area contributed by atoms with Gasteiger partial charge in [-0.3, -0.25) is 14.6 Å². The molecule has 36 heavy (non-hydrogen) atoms. The summed E-state index contributed by atoms with van der Waals surface area (Å²) in [7, 11) is 1.80. The van der Waals surface area contributed by atoms with Crippen molar-refractivity contribution >= 4 is 24.1 Å². The van der Waals surface area contributed by atoms with Crippen LogP contribution in [0.15, 0.2) is 42.9 Å². The van der Waals surface area contributed by atoms with Gasteiger partial charge in [0.25, 0.3) is 0 Å². The minimum absolute atomic E-state index is 0.0925. The third kappa shape index (κ3) is 9.10. The van der Waals surface area contributed by atoms with E-state index >= 15 is 0 Å². The summed E-state index contributed by atoms with van der Waals surface area (Å²) in [5, 5.41) is 3.48. The third-order valence-corrected chi connectivity index (χ3v) is 6.07. The number of primary amides is 2. The van der Waals surface area contributed by atoms with Gasteiger partial charge in [0, 0.05) is 36.7 Å². The van der Waals surface area contributed by atoms with Crippen LogP contribution in [-0.2, 0) is 14.3 Å². The number of allylic oxidation sites excluding steroid dienone is 3. The molecule has 0 bridgehead atoms. The first-order valence-electron chi connectivity index (χ1n) is 11.9. The van der Waals surface area contributed by atoms with Gasteiger partial charge in [0.15, 0.2) is 5.82 Å². The summed E-state index contributed by atoms with van der Waals surface area (Å²) < 4.78 is 5.60. The highest BCUT2D eigenvalue weighted by Gasteiger charge is 2.42. The van der Waals surface area contributed by atoms with Crippen LogP contribution in [0.3, 0.4) is 0 Å². The largest absolute Gasteiger partial charge is 0.405 e. The number of nitrogens with one attached hydrogen (secondary N) is 1. The molecule has 4 rings (SSSR count). The van der Waals surface area contributed by atoms with E-state index in [4.69, 9.17) is 25.0 Å². The maximum atomic E-state index is 8.58. The second kappa shape index (κ2) is 14.6. The number of hydrogen-bond donors (Lipinski definition) is 4. The first kappa shape index (κ1) is 28.4. The summed E-state index contributed by atoms with van der Waals surface area (Å²) in [6.07, 6.45) is 16.8. The smallest absolute Gasteiger partial charge is 0.204 e. The standard InChI is InChI=1S/C24H31N5O.2CH3NO/c1-17-21(15-20(16-28-17)26-14-11-24(30-2)9-10-24)22-8-13-27-23(29-22)19(7-12-25)6-5-18-3-4-18;2*2-1-3/h6-8,12-13,15-16,18,26H,3-5,9-11,14,25H2,1-2H3;2*1H,(H2,2,3)/b12-7-,19-6+;;. The zero-order chi connectivity index (χ0) is 26.4. The molecule has 2 saturated carbocycles. The van der Waals surface area contributed by atoms with E-state index in [0.29, 0.717) is 5.82 Å². The topological polar surface area (TPSA) is 172 Å². The van der Waals surface area contributed by atoms with Gasteiger partial charge in [-0.1, -0.05) is 6.08 Å². The van der Waals surface area contributed by atoms with Crippen molar-refractivity contribution in [3.8, 4) is 11.3 Å². The zero-order valence-electron chi connectivity index (χ0n) is 21.0. The first-order valence-corrected chi connectivity index (χ1v) is 11.9. The minimum Gasteiger partial charge on any atom is -0.405 e. The van der Waals surface area contributed by atoms with Crippen LogP contribution >= 0.6 is 0 Å². The molecular formula is C26H37N7O3. The molecule has 2 aliphatic rings. The second-order valence-corrected chi connectivity index (χ2v) is 8.66. The van der Waals surface area contributed by atoms with Crippen LogP contribution in [0.5, 0.6) is 0 Å². The summed E-state index contributed by atoms with van der Waals surface area (Å²) in [5.74, 6) is 1.50. The number of carbonyl (C=O) groups excluding carboxylic acids is 2. The Labute approximate surface area is 212 Å². The quantitative estimate of drug-likeness (QED) is 0.288. The number of pyridine rings is 1. The van der Waals surface area contributed by atoms with Crippen molar-refractivity contribution in [2.75, 3.05) is 19.0 Å². The second-order valence-electron chi connectivity index (χ2n) is 8.66. The SMILES string of the molecule is COC1(CCNc2cnc(C)c(-c3ccnc(C(/C=C\N)=C/CC4CC4)n3)c2)CC1.NC=O.NC=O. The van der Waals surface area contributed by atoms with Gasteiger partial charge in [0.1, 0.15) is 0 Å². The Balaban J connectivity index is 0.000000693. The predicted octanol–water partition coefficient (Wildman–Crippen LogP) is 2.69. The number of hydrogen-bond acceptors (Lipinski definition) is 8. The lowest BCUT2D eigenvalue weighted by molar-refractivity contribution is -0.107. The number of ether oxygens (including phenoxy) is 1. The van der Waals surface area contributed by atoms with E-state index in [-0.39, 0.29) is 18.4 Å². The van der Waals surface area contributed by atoms with Crippen LogP contribution < -0.4 is 22.5 Å². The van der Waals surface area contributed by atoms with Crippen molar-refractivity contribution in [3.05, 3.63) is 54.4 Å². The molecule has 0 aromatic carbocycles. The van der Waals surface area contributed by atoms with Crippen molar-refractivity contribution < 1.29 is 14.3 Å². The summed E-state index contributed by atoms with van der Waals surface area (Å²) in [6, 6.07) is 4.05. The average Bonchev–Trinajstić information content (AvgIpc) is 3.81. The number of nitrogens with two attached hydrogens (primary N) is 3. The zero-order valence-corrected chi connectivity index (χ0v) is 21.0. The van der Waals surface area contributed by atoms with Gasteiger partial charge in [-0.15, -0.1) is 0 Å². The molecule has 2 fully saturated rings. The summed E-state index contributed by atoms with van der Waals surface area (Å²) in [6.45, 7) is 2.87. The molecule has 2 heterocycles. The molecule has 0 saturated heterocycles. The average molecular weight is 496 g/mol. The lowest BCUT2D eigenvalue weighted by Crippen LogP contribution is -2.17. The van der Waals surface area contributed by atoms with Crippen molar-refractivity contribution in [3.63, 3.8) is 0 Å². The monoisotopic (exact) mass is 495 g/mol. The summed E-state index contributed by atoms with van der Waals surface area (Å²) in [4.78, 5) is 31.1. The molecule has 194 valence electrons. The fourth-order valence-corrected chi connectivity index (χ4v) is 3.65. The number of methoxy groups -OCH3 is 1. The molecular weight excluding hydrogens is 458 g/mol. The Kier molecular flexibility index (Phi) is 11.5. The van der Waals surface area contributed by atoms with E-state index in [1.165, 1.54) is 12.8 Å². The van der Waals surface area contributed by atoms with Crippen molar-refractivity contribution in [1.29, 1.82) is 0 Å². The predicted molar refractivity (Wildman–Crippen MR) is 141 cm³/mol. The number of rotatable bonds is 10. The Morgan fingerprint density at radius 3 is 2.47 bits per heavy atom. The van der Waals surface area contributed by atoms with E-state index in [1.807, 2.05) is 31.5 Å². The van der Waals surface area contributed by atoms with Crippen LogP contribution in [0.25, 0.3) is 16.8 Å². The maximum Gasteiger partial charge on any atom is 0.204 e. The lowest BCUT2D eigenvalue weighted by Gasteiger charge is -2.15. The minimum atomic E-state index is 0.0925. The van der Waals surface area contributed by atoms with Crippen molar-refractivity contribution in [1.82, 2.24) is 15.0 Å². The molecule has 2 aliphatic carbocycles. The molecule has 0 atom stereocenters. The Morgan fingerprint density at radius 1 is 1.19 bits per heavy atom. The van der Waals surface area contributed by atoms with E-state index in [0.717, 1.165) is 66.4 Å². The van der Waals surface area contributed by atoms with Crippen LogP contribution in [0.4, 0.5) is 5.69 Å². The van der Waals surface area contributed by atoms with Gasteiger partial charge in [-0.2, -0.15) is 0 Å². The lowest BCUT2D eigenvalue weighted by atomic mass is 10.1. The molecule has 2 aromatic rings. The van der Waals surface area contributed by atoms with Crippen LogP contribution in [-0.4, -0.2) is 47.0 Å². The summed E-state index contributed by atoms with van der Waals surface area (Å²) >= 11 is 0. The highest BCUT2D eigenvalue weighted by atomic mass is 16.5. The van der Waals surface area contributed by atoms with E-state index in [9.17, 15) is 0 Å². The van der Waals surface area contributed by atoms with Gasteiger partial charge in [0.05, 0.1) is 23.2 Å². The van der Waals surface area contributed by atoms with Gasteiger partial charge in [-0.05, 0) is 75.8 Å². The molecule has 7 N–H and O–H groups in total. The number of aryl methyl sites for hydroxylation is 1. The number of aromatic nitrogens is 3. The number of anilines is 1. The summed E-state index contributed by atoms with van der Waals surface area (Å²) in [5.41, 5.74) is 18.9. The highest BCUT2D eigenvalue weighted by Crippen LogP contribution is 2.41. The molecule has 2 aromatic heterocycles. The van der Waals surface area contributed by atoms with E-state index < -0.39 is 0 Å². The molecule has 2 amide bonds. The maximum absolute atomic E-state index is 8.58. The van der Waals surface area contributed by atoms with E-state index in [1.54, 1.807) is 13.3 Å². The third-order valence-electron chi connectivity index (χ3n) is 6.07. The van der Waals surface area contributed by atoms with Crippen molar-refractivity contribution in [2.24, 2.45) is 23.1 Å². The molecule has 0 aliphatic heterocycles.